The Morgan fingerprint density at radius 1 is 1.53 bits per heavy atom. The zero-order chi connectivity index (χ0) is 11.3. The van der Waals surface area contributed by atoms with E-state index in [9.17, 15) is 0 Å². The van der Waals surface area contributed by atoms with E-state index in [0.717, 1.165) is 12.2 Å². The summed E-state index contributed by atoms with van der Waals surface area (Å²) in [7, 11) is 0. The van der Waals surface area contributed by atoms with Gasteiger partial charge >= 0.3 is 0 Å². The first-order chi connectivity index (χ1) is 7.15. The molecule has 1 heterocycles. The van der Waals surface area contributed by atoms with Crippen LogP contribution in [-0.4, -0.2) is 18.1 Å². The van der Waals surface area contributed by atoms with E-state index in [1.165, 1.54) is 0 Å². The SMILES string of the molecule is CC(C)C(CN)CNc1cnccc1Cl. The summed E-state index contributed by atoms with van der Waals surface area (Å²) in [5.41, 5.74) is 6.56. The standard InChI is InChI=1S/C11H18ClN3/c1-8(2)9(5-13)6-15-11-7-14-4-3-10(11)12/h3-4,7-9,15H,5-6,13H2,1-2H3. The molecule has 15 heavy (non-hydrogen) atoms. The molecule has 0 spiro atoms. The second-order valence-corrected chi connectivity index (χ2v) is 4.38. The third-order valence-electron chi connectivity index (χ3n) is 2.57. The molecule has 1 unspecified atom stereocenters. The quantitative estimate of drug-likeness (QED) is 0.812. The van der Waals surface area contributed by atoms with E-state index in [4.69, 9.17) is 17.3 Å². The molecule has 0 bridgehead atoms. The van der Waals surface area contributed by atoms with Gasteiger partial charge in [0.2, 0.25) is 0 Å². The summed E-state index contributed by atoms with van der Waals surface area (Å²) in [6.07, 6.45) is 3.41. The lowest BCUT2D eigenvalue weighted by molar-refractivity contribution is 0.413. The summed E-state index contributed by atoms with van der Waals surface area (Å²) in [6.45, 7) is 5.86. The number of hydrogen-bond donors (Lipinski definition) is 2. The monoisotopic (exact) mass is 227 g/mol. The number of halogens is 1. The molecule has 3 nitrogen and oxygen atoms in total. The maximum Gasteiger partial charge on any atom is 0.0716 e. The van der Waals surface area contributed by atoms with E-state index < -0.39 is 0 Å². The van der Waals surface area contributed by atoms with Gasteiger partial charge in [-0.05, 0) is 24.4 Å². The van der Waals surface area contributed by atoms with Crippen LogP contribution in [0, 0.1) is 11.8 Å². The third-order valence-corrected chi connectivity index (χ3v) is 2.90. The second-order valence-electron chi connectivity index (χ2n) is 3.98. The van der Waals surface area contributed by atoms with Gasteiger partial charge in [-0.15, -0.1) is 0 Å². The van der Waals surface area contributed by atoms with E-state index >= 15 is 0 Å². The fourth-order valence-corrected chi connectivity index (χ4v) is 1.51. The topological polar surface area (TPSA) is 50.9 Å². The van der Waals surface area contributed by atoms with Crippen molar-refractivity contribution in [3.05, 3.63) is 23.5 Å². The van der Waals surface area contributed by atoms with Crippen LogP contribution in [0.5, 0.6) is 0 Å². The molecule has 1 aromatic heterocycles. The van der Waals surface area contributed by atoms with Crippen LogP contribution in [0.3, 0.4) is 0 Å². The molecule has 0 aliphatic carbocycles. The Bertz CT molecular complexity index is 302. The summed E-state index contributed by atoms with van der Waals surface area (Å²) >= 11 is 6.00. The van der Waals surface area contributed by atoms with Crippen molar-refractivity contribution in [3.8, 4) is 0 Å². The number of hydrogen-bond acceptors (Lipinski definition) is 3. The lowest BCUT2D eigenvalue weighted by Gasteiger charge is -2.20. The Morgan fingerprint density at radius 2 is 2.27 bits per heavy atom. The number of rotatable bonds is 5. The number of aromatic nitrogens is 1. The van der Waals surface area contributed by atoms with Crippen LogP contribution >= 0.6 is 11.6 Å². The van der Waals surface area contributed by atoms with Crippen molar-refractivity contribution in [2.75, 3.05) is 18.4 Å². The van der Waals surface area contributed by atoms with Gasteiger partial charge in [-0.1, -0.05) is 25.4 Å². The maximum absolute atomic E-state index is 6.00. The van der Waals surface area contributed by atoms with Crippen LogP contribution in [0.1, 0.15) is 13.8 Å². The molecular weight excluding hydrogens is 210 g/mol. The minimum atomic E-state index is 0.460. The highest BCUT2D eigenvalue weighted by atomic mass is 35.5. The number of anilines is 1. The van der Waals surface area contributed by atoms with Gasteiger partial charge in [0.15, 0.2) is 0 Å². The van der Waals surface area contributed by atoms with Gasteiger partial charge in [0.05, 0.1) is 16.9 Å². The minimum absolute atomic E-state index is 0.460. The third kappa shape index (κ3) is 3.68. The smallest absolute Gasteiger partial charge is 0.0716 e. The molecule has 84 valence electrons. The number of nitrogens with one attached hydrogen (secondary N) is 1. The first-order valence-corrected chi connectivity index (χ1v) is 5.56. The number of pyridine rings is 1. The summed E-state index contributed by atoms with van der Waals surface area (Å²) in [5.74, 6) is 1.03. The Balaban J connectivity index is 2.53. The lowest BCUT2D eigenvalue weighted by atomic mass is 9.96. The normalized spacial score (nSPS) is 12.9. The van der Waals surface area contributed by atoms with Crippen LogP contribution in [0.2, 0.25) is 5.02 Å². The Hall–Kier alpha value is -0.800. The molecule has 3 N–H and O–H groups in total. The molecule has 0 amide bonds. The number of nitrogens with two attached hydrogens (primary N) is 1. The fourth-order valence-electron chi connectivity index (χ4n) is 1.34. The van der Waals surface area contributed by atoms with Crippen molar-refractivity contribution in [3.63, 3.8) is 0 Å². The van der Waals surface area contributed by atoms with Crippen LogP contribution in [0.15, 0.2) is 18.5 Å². The van der Waals surface area contributed by atoms with Crippen molar-refractivity contribution in [2.45, 2.75) is 13.8 Å². The zero-order valence-corrected chi connectivity index (χ0v) is 9.96. The Morgan fingerprint density at radius 3 is 2.80 bits per heavy atom. The number of nitrogens with zero attached hydrogens (tertiary/aromatic N) is 1. The minimum Gasteiger partial charge on any atom is -0.382 e. The van der Waals surface area contributed by atoms with Crippen LogP contribution < -0.4 is 11.1 Å². The first kappa shape index (κ1) is 12.3. The van der Waals surface area contributed by atoms with Crippen LogP contribution in [0.4, 0.5) is 5.69 Å². The van der Waals surface area contributed by atoms with Gasteiger partial charge in [-0.3, -0.25) is 4.98 Å². The summed E-state index contributed by atoms with van der Waals surface area (Å²) < 4.78 is 0. The van der Waals surface area contributed by atoms with Gasteiger partial charge in [-0.2, -0.15) is 0 Å². The van der Waals surface area contributed by atoms with Crippen molar-refractivity contribution < 1.29 is 0 Å². The first-order valence-electron chi connectivity index (χ1n) is 5.18. The van der Waals surface area contributed by atoms with E-state index in [2.05, 4.69) is 24.1 Å². The van der Waals surface area contributed by atoms with Gasteiger partial charge in [0, 0.05) is 12.7 Å². The molecule has 0 saturated heterocycles. The largest absolute Gasteiger partial charge is 0.382 e. The Labute approximate surface area is 96.0 Å². The Kier molecular flexibility index (Phi) is 4.85. The molecule has 1 rings (SSSR count). The molecule has 0 aromatic carbocycles. The fraction of sp³-hybridized carbons (Fsp3) is 0.545. The molecule has 0 saturated carbocycles. The molecule has 1 atom stereocenters. The van der Waals surface area contributed by atoms with Crippen molar-refractivity contribution in [2.24, 2.45) is 17.6 Å². The highest BCUT2D eigenvalue weighted by Gasteiger charge is 2.11. The van der Waals surface area contributed by atoms with E-state index in [1.54, 1.807) is 18.5 Å². The molecule has 0 aliphatic heterocycles. The van der Waals surface area contributed by atoms with Crippen molar-refractivity contribution >= 4 is 17.3 Å². The second kappa shape index (κ2) is 5.93. The molecular formula is C11H18ClN3. The van der Waals surface area contributed by atoms with Crippen LogP contribution in [0.25, 0.3) is 0 Å². The predicted molar refractivity (Wildman–Crippen MR) is 65.1 cm³/mol. The summed E-state index contributed by atoms with van der Waals surface area (Å²) in [5, 5.41) is 3.97. The molecule has 4 heteroatoms. The molecule has 0 fully saturated rings. The van der Waals surface area contributed by atoms with Crippen LogP contribution in [-0.2, 0) is 0 Å². The average molecular weight is 228 g/mol. The van der Waals surface area contributed by atoms with Gasteiger partial charge < -0.3 is 11.1 Å². The molecule has 1 aromatic rings. The average Bonchev–Trinajstić information content (AvgIpc) is 2.21. The predicted octanol–water partition coefficient (Wildman–Crippen LogP) is 2.38. The highest BCUT2D eigenvalue weighted by molar-refractivity contribution is 6.33. The van der Waals surface area contributed by atoms with Gasteiger partial charge in [0.1, 0.15) is 0 Å². The summed E-state index contributed by atoms with van der Waals surface area (Å²) in [6, 6.07) is 1.77. The van der Waals surface area contributed by atoms with Crippen molar-refractivity contribution in [1.29, 1.82) is 0 Å². The lowest BCUT2D eigenvalue weighted by Crippen LogP contribution is -2.27. The van der Waals surface area contributed by atoms with Crippen molar-refractivity contribution in [1.82, 2.24) is 4.98 Å². The molecule has 0 radical (unpaired) electrons. The maximum atomic E-state index is 6.00. The highest BCUT2D eigenvalue weighted by Crippen LogP contribution is 2.20. The van der Waals surface area contributed by atoms with E-state index in [1.807, 2.05) is 0 Å². The molecule has 0 aliphatic rings. The van der Waals surface area contributed by atoms with Gasteiger partial charge in [-0.25, -0.2) is 0 Å². The van der Waals surface area contributed by atoms with Gasteiger partial charge in [0.25, 0.3) is 0 Å². The summed E-state index contributed by atoms with van der Waals surface area (Å²) in [4.78, 5) is 4.02. The van der Waals surface area contributed by atoms with E-state index in [0.29, 0.717) is 23.4 Å². The van der Waals surface area contributed by atoms with E-state index in [-0.39, 0.29) is 0 Å². The zero-order valence-electron chi connectivity index (χ0n) is 9.20.